The van der Waals surface area contributed by atoms with Crippen molar-refractivity contribution in [1.82, 2.24) is 9.97 Å². The van der Waals surface area contributed by atoms with Crippen LogP contribution in [-0.4, -0.2) is 9.97 Å². The van der Waals surface area contributed by atoms with Crippen LogP contribution in [0, 0.1) is 18.6 Å². The quantitative estimate of drug-likeness (QED) is 0.613. The number of fused-ring (bicyclic) bond motifs is 1. The van der Waals surface area contributed by atoms with Crippen LogP contribution in [0.1, 0.15) is 5.82 Å². The lowest BCUT2D eigenvalue weighted by molar-refractivity contribution is 0.603. The maximum Gasteiger partial charge on any atom is 0.150 e. The second-order valence-electron chi connectivity index (χ2n) is 4.01. The van der Waals surface area contributed by atoms with Gasteiger partial charge in [0, 0.05) is 16.5 Å². The van der Waals surface area contributed by atoms with Gasteiger partial charge in [0.1, 0.15) is 17.5 Å². The number of benzene rings is 1. The highest BCUT2D eigenvalue weighted by molar-refractivity contribution is 7.18. The van der Waals surface area contributed by atoms with Crippen LogP contribution in [0.3, 0.4) is 0 Å². The van der Waals surface area contributed by atoms with Crippen LogP contribution in [0.25, 0.3) is 21.3 Å². The van der Waals surface area contributed by atoms with Crippen molar-refractivity contribution in [2.45, 2.75) is 6.92 Å². The Morgan fingerprint density at radius 2 is 1.95 bits per heavy atom. The first kappa shape index (κ1) is 12.4. The van der Waals surface area contributed by atoms with Crippen LogP contribution in [0.2, 0.25) is 5.15 Å². The van der Waals surface area contributed by atoms with E-state index in [0.29, 0.717) is 26.8 Å². The summed E-state index contributed by atoms with van der Waals surface area (Å²) in [7, 11) is 0. The fourth-order valence-electron chi connectivity index (χ4n) is 1.88. The van der Waals surface area contributed by atoms with Crippen molar-refractivity contribution in [3.63, 3.8) is 0 Å². The van der Waals surface area contributed by atoms with E-state index in [0.717, 1.165) is 18.2 Å². The van der Waals surface area contributed by atoms with Gasteiger partial charge in [0.2, 0.25) is 0 Å². The van der Waals surface area contributed by atoms with Crippen LogP contribution >= 0.6 is 22.9 Å². The molecule has 0 bridgehead atoms. The SMILES string of the molecule is Cc1nc(Cl)c2scc(-c3cc(F)ccc3F)c2n1. The molecular weight excluding hydrogens is 290 g/mol. The molecule has 96 valence electrons. The molecule has 0 saturated carbocycles. The molecule has 0 radical (unpaired) electrons. The first-order valence-electron chi connectivity index (χ1n) is 5.43. The largest absolute Gasteiger partial charge is 0.232 e. The number of aryl methyl sites for hydroxylation is 1. The molecule has 3 aromatic rings. The molecule has 0 N–H and O–H groups in total. The smallest absolute Gasteiger partial charge is 0.150 e. The van der Waals surface area contributed by atoms with E-state index in [2.05, 4.69) is 9.97 Å². The van der Waals surface area contributed by atoms with E-state index in [4.69, 9.17) is 11.6 Å². The van der Waals surface area contributed by atoms with Crippen LogP contribution in [-0.2, 0) is 0 Å². The Bertz CT molecular complexity index is 786. The minimum absolute atomic E-state index is 0.181. The highest BCUT2D eigenvalue weighted by Gasteiger charge is 2.15. The second kappa shape index (κ2) is 4.51. The molecule has 0 aliphatic heterocycles. The topological polar surface area (TPSA) is 25.8 Å². The van der Waals surface area contributed by atoms with Crippen molar-refractivity contribution < 1.29 is 8.78 Å². The molecule has 0 spiro atoms. The van der Waals surface area contributed by atoms with Crippen LogP contribution < -0.4 is 0 Å². The summed E-state index contributed by atoms with van der Waals surface area (Å²) in [6.07, 6.45) is 0. The van der Waals surface area contributed by atoms with Gasteiger partial charge in [0.25, 0.3) is 0 Å². The van der Waals surface area contributed by atoms with E-state index in [9.17, 15) is 8.78 Å². The molecule has 1 aromatic carbocycles. The summed E-state index contributed by atoms with van der Waals surface area (Å²) in [4.78, 5) is 8.31. The molecule has 0 saturated heterocycles. The zero-order valence-corrected chi connectivity index (χ0v) is 11.3. The monoisotopic (exact) mass is 296 g/mol. The van der Waals surface area contributed by atoms with Gasteiger partial charge in [-0.3, -0.25) is 0 Å². The number of hydrogen-bond acceptors (Lipinski definition) is 3. The minimum atomic E-state index is -0.493. The lowest BCUT2D eigenvalue weighted by Crippen LogP contribution is -1.90. The summed E-state index contributed by atoms with van der Waals surface area (Å²) in [5.41, 5.74) is 1.26. The molecule has 0 aliphatic carbocycles. The van der Waals surface area contributed by atoms with Gasteiger partial charge < -0.3 is 0 Å². The molecule has 2 nitrogen and oxygen atoms in total. The first-order chi connectivity index (χ1) is 9.06. The number of nitrogens with zero attached hydrogens (tertiary/aromatic N) is 2. The summed E-state index contributed by atoms with van der Waals surface area (Å²) >= 11 is 7.34. The van der Waals surface area contributed by atoms with Gasteiger partial charge in [-0.1, -0.05) is 11.6 Å². The van der Waals surface area contributed by atoms with Crippen molar-refractivity contribution in [1.29, 1.82) is 0 Å². The van der Waals surface area contributed by atoms with Gasteiger partial charge in [-0.15, -0.1) is 11.3 Å². The number of hydrogen-bond donors (Lipinski definition) is 0. The van der Waals surface area contributed by atoms with Gasteiger partial charge in [-0.05, 0) is 25.1 Å². The normalized spacial score (nSPS) is 11.2. The Hall–Kier alpha value is -1.59. The van der Waals surface area contributed by atoms with Gasteiger partial charge >= 0.3 is 0 Å². The summed E-state index contributed by atoms with van der Waals surface area (Å²) in [6, 6.07) is 3.34. The summed E-state index contributed by atoms with van der Waals surface area (Å²) in [5.74, 6) is -0.491. The van der Waals surface area contributed by atoms with E-state index in [1.165, 1.54) is 11.3 Å². The van der Waals surface area contributed by atoms with E-state index in [1.54, 1.807) is 12.3 Å². The lowest BCUT2D eigenvalue weighted by Gasteiger charge is -2.03. The van der Waals surface area contributed by atoms with E-state index in [-0.39, 0.29) is 5.56 Å². The molecular formula is C13H7ClF2N2S. The van der Waals surface area contributed by atoms with Crippen LogP contribution in [0.4, 0.5) is 8.78 Å². The third kappa shape index (κ3) is 2.09. The Kier molecular flexibility index (Phi) is 2.95. The molecule has 2 aromatic heterocycles. The molecule has 0 amide bonds. The van der Waals surface area contributed by atoms with E-state index < -0.39 is 11.6 Å². The number of halogens is 3. The second-order valence-corrected chi connectivity index (χ2v) is 5.25. The minimum Gasteiger partial charge on any atom is -0.232 e. The van der Waals surface area contributed by atoms with Crippen molar-refractivity contribution in [2.24, 2.45) is 0 Å². The molecule has 2 heterocycles. The standard InChI is InChI=1S/C13H7ClF2N2S/c1-6-17-11-9(5-19-12(11)13(14)18-6)8-4-7(15)2-3-10(8)16/h2-5H,1H3. The molecule has 0 atom stereocenters. The van der Waals surface area contributed by atoms with Crippen molar-refractivity contribution in [2.75, 3.05) is 0 Å². The molecule has 0 fully saturated rings. The van der Waals surface area contributed by atoms with Gasteiger partial charge in [0.15, 0.2) is 5.15 Å². The average Bonchev–Trinajstić information content (AvgIpc) is 2.76. The first-order valence-corrected chi connectivity index (χ1v) is 6.69. The fraction of sp³-hybridized carbons (Fsp3) is 0.0769. The Morgan fingerprint density at radius 1 is 1.16 bits per heavy atom. The zero-order valence-electron chi connectivity index (χ0n) is 9.75. The number of thiophene rings is 1. The summed E-state index contributed by atoms with van der Waals surface area (Å²) < 4.78 is 27.8. The predicted octanol–water partition coefficient (Wildman–Crippen LogP) is 4.60. The zero-order chi connectivity index (χ0) is 13.6. The maximum atomic E-state index is 13.8. The van der Waals surface area contributed by atoms with E-state index >= 15 is 0 Å². The highest BCUT2D eigenvalue weighted by atomic mass is 35.5. The molecule has 6 heteroatoms. The lowest BCUT2D eigenvalue weighted by atomic mass is 10.1. The average molecular weight is 297 g/mol. The third-order valence-electron chi connectivity index (χ3n) is 2.70. The van der Waals surface area contributed by atoms with Crippen molar-refractivity contribution >= 4 is 33.2 Å². The fourth-order valence-corrected chi connectivity index (χ4v) is 3.11. The highest BCUT2D eigenvalue weighted by Crippen LogP contribution is 2.37. The maximum absolute atomic E-state index is 13.8. The van der Waals surface area contributed by atoms with Crippen molar-refractivity contribution in [3.8, 4) is 11.1 Å². The molecule has 0 aliphatic rings. The van der Waals surface area contributed by atoms with Crippen LogP contribution in [0.5, 0.6) is 0 Å². The predicted molar refractivity (Wildman–Crippen MR) is 72.5 cm³/mol. The number of rotatable bonds is 1. The van der Waals surface area contributed by atoms with Gasteiger partial charge in [-0.2, -0.15) is 0 Å². The number of aromatic nitrogens is 2. The van der Waals surface area contributed by atoms with Crippen LogP contribution in [0.15, 0.2) is 23.6 Å². The Morgan fingerprint density at radius 3 is 2.74 bits per heavy atom. The third-order valence-corrected chi connectivity index (χ3v) is 4.07. The summed E-state index contributed by atoms with van der Waals surface area (Å²) in [5, 5.41) is 2.04. The Labute approximate surface area is 116 Å². The molecule has 19 heavy (non-hydrogen) atoms. The van der Waals surface area contributed by atoms with Gasteiger partial charge in [0.05, 0.1) is 10.2 Å². The van der Waals surface area contributed by atoms with Gasteiger partial charge in [-0.25, -0.2) is 18.7 Å². The van der Waals surface area contributed by atoms with E-state index in [1.807, 2.05) is 0 Å². The van der Waals surface area contributed by atoms with Crippen molar-refractivity contribution in [3.05, 3.63) is 46.2 Å². The Balaban J connectivity index is 2.34. The summed E-state index contributed by atoms with van der Waals surface area (Å²) in [6.45, 7) is 1.70. The molecule has 3 rings (SSSR count). The molecule has 0 unspecified atom stereocenters.